The first-order chi connectivity index (χ1) is 9.19. The number of fused-ring (bicyclic) bond motifs is 1. The van der Waals surface area contributed by atoms with Crippen LogP contribution in [0.25, 0.3) is 22.4 Å². The number of benzene rings is 2. The zero-order valence-corrected chi connectivity index (χ0v) is 11.1. The number of imidazole rings is 1. The minimum Gasteiger partial charge on any atom is -0.508 e. The number of nitrogens with zero attached hydrogens (tertiary/aromatic N) is 2. The SMILES string of the molecule is CCn1c(-c2ccc(O)cc2)nc2cc(C)ccc21. The van der Waals surface area contributed by atoms with Crippen molar-refractivity contribution in [3.63, 3.8) is 0 Å². The normalized spacial score (nSPS) is 11.1. The highest BCUT2D eigenvalue weighted by Gasteiger charge is 2.11. The molecule has 0 atom stereocenters. The lowest BCUT2D eigenvalue weighted by Gasteiger charge is -2.06. The molecule has 0 radical (unpaired) electrons. The summed E-state index contributed by atoms with van der Waals surface area (Å²) in [5.74, 6) is 1.22. The number of rotatable bonds is 2. The smallest absolute Gasteiger partial charge is 0.141 e. The van der Waals surface area contributed by atoms with E-state index in [1.54, 1.807) is 12.1 Å². The largest absolute Gasteiger partial charge is 0.508 e. The fourth-order valence-electron chi connectivity index (χ4n) is 2.39. The van der Waals surface area contributed by atoms with Crippen molar-refractivity contribution in [3.8, 4) is 17.1 Å². The zero-order valence-electron chi connectivity index (χ0n) is 11.1. The molecule has 0 aliphatic carbocycles. The number of hydrogen-bond donors (Lipinski definition) is 1. The van der Waals surface area contributed by atoms with E-state index in [0.717, 1.165) is 29.0 Å². The maximum absolute atomic E-state index is 9.38. The first-order valence-corrected chi connectivity index (χ1v) is 6.45. The molecule has 1 aromatic heterocycles. The summed E-state index contributed by atoms with van der Waals surface area (Å²) in [7, 11) is 0. The van der Waals surface area contributed by atoms with Gasteiger partial charge in [-0.05, 0) is 55.8 Å². The van der Waals surface area contributed by atoms with Crippen LogP contribution in [0.2, 0.25) is 0 Å². The Labute approximate surface area is 112 Å². The summed E-state index contributed by atoms with van der Waals surface area (Å²) in [5, 5.41) is 9.38. The lowest BCUT2D eigenvalue weighted by atomic mass is 10.2. The quantitative estimate of drug-likeness (QED) is 0.754. The predicted octanol–water partition coefficient (Wildman–Crippen LogP) is 3.74. The molecular weight excluding hydrogens is 236 g/mol. The maximum Gasteiger partial charge on any atom is 0.141 e. The summed E-state index contributed by atoms with van der Waals surface area (Å²) >= 11 is 0. The monoisotopic (exact) mass is 252 g/mol. The van der Waals surface area contributed by atoms with Crippen LogP contribution in [0.1, 0.15) is 12.5 Å². The second-order valence-corrected chi connectivity index (χ2v) is 4.72. The fourth-order valence-corrected chi connectivity index (χ4v) is 2.39. The van der Waals surface area contributed by atoms with Crippen molar-refractivity contribution in [1.82, 2.24) is 9.55 Å². The fraction of sp³-hybridized carbons (Fsp3) is 0.188. The Morgan fingerprint density at radius 1 is 1.11 bits per heavy atom. The van der Waals surface area contributed by atoms with E-state index in [1.165, 1.54) is 5.56 Å². The van der Waals surface area contributed by atoms with Crippen molar-refractivity contribution < 1.29 is 5.11 Å². The summed E-state index contributed by atoms with van der Waals surface area (Å²) in [6, 6.07) is 13.5. The van der Waals surface area contributed by atoms with E-state index in [1.807, 2.05) is 12.1 Å². The van der Waals surface area contributed by atoms with Crippen LogP contribution in [-0.4, -0.2) is 14.7 Å². The van der Waals surface area contributed by atoms with Crippen LogP contribution in [0.15, 0.2) is 42.5 Å². The molecule has 3 heteroatoms. The second-order valence-electron chi connectivity index (χ2n) is 4.72. The third kappa shape index (κ3) is 1.97. The van der Waals surface area contributed by atoms with Crippen molar-refractivity contribution in [2.45, 2.75) is 20.4 Å². The molecule has 3 nitrogen and oxygen atoms in total. The van der Waals surface area contributed by atoms with Crippen molar-refractivity contribution in [2.24, 2.45) is 0 Å². The van der Waals surface area contributed by atoms with E-state index in [9.17, 15) is 5.11 Å². The van der Waals surface area contributed by atoms with Gasteiger partial charge in [-0.15, -0.1) is 0 Å². The zero-order chi connectivity index (χ0) is 13.4. The molecule has 0 aliphatic heterocycles. The molecule has 0 spiro atoms. The van der Waals surface area contributed by atoms with E-state index < -0.39 is 0 Å². The van der Waals surface area contributed by atoms with E-state index in [4.69, 9.17) is 4.98 Å². The predicted molar refractivity (Wildman–Crippen MR) is 77.2 cm³/mol. The van der Waals surface area contributed by atoms with Gasteiger partial charge in [-0.2, -0.15) is 0 Å². The Balaban J connectivity index is 2.25. The Morgan fingerprint density at radius 3 is 2.53 bits per heavy atom. The summed E-state index contributed by atoms with van der Waals surface area (Å²) in [6.45, 7) is 5.06. The van der Waals surface area contributed by atoms with Gasteiger partial charge in [0.2, 0.25) is 0 Å². The number of phenolic OH excluding ortho intramolecular Hbond substituents is 1. The molecule has 0 fully saturated rings. The molecule has 3 aromatic rings. The minimum absolute atomic E-state index is 0.277. The lowest BCUT2D eigenvalue weighted by Crippen LogP contribution is -1.97. The van der Waals surface area contributed by atoms with Gasteiger partial charge >= 0.3 is 0 Å². The van der Waals surface area contributed by atoms with Gasteiger partial charge in [-0.25, -0.2) is 4.98 Å². The highest BCUT2D eigenvalue weighted by Crippen LogP contribution is 2.26. The summed E-state index contributed by atoms with van der Waals surface area (Å²) in [4.78, 5) is 4.73. The highest BCUT2D eigenvalue weighted by atomic mass is 16.3. The van der Waals surface area contributed by atoms with Gasteiger partial charge in [0.15, 0.2) is 0 Å². The van der Waals surface area contributed by atoms with E-state index in [-0.39, 0.29) is 5.75 Å². The van der Waals surface area contributed by atoms with E-state index in [0.29, 0.717) is 0 Å². The number of aromatic hydroxyl groups is 1. The van der Waals surface area contributed by atoms with Crippen LogP contribution >= 0.6 is 0 Å². The van der Waals surface area contributed by atoms with Crippen LogP contribution in [-0.2, 0) is 6.54 Å². The van der Waals surface area contributed by atoms with Gasteiger partial charge in [0, 0.05) is 12.1 Å². The standard InChI is InChI=1S/C16H16N2O/c1-3-18-15-9-4-11(2)10-14(15)17-16(18)12-5-7-13(19)8-6-12/h4-10,19H,3H2,1-2H3. The molecule has 0 bridgehead atoms. The molecule has 96 valence electrons. The average Bonchev–Trinajstić information content (AvgIpc) is 2.77. The summed E-state index contributed by atoms with van der Waals surface area (Å²) < 4.78 is 2.20. The van der Waals surface area contributed by atoms with Gasteiger partial charge < -0.3 is 9.67 Å². The van der Waals surface area contributed by atoms with Crippen LogP contribution in [0.3, 0.4) is 0 Å². The molecule has 1 N–H and O–H groups in total. The average molecular weight is 252 g/mol. The molecule has 0 amide bonds. The first kappa shape index (κ1) is 11.8. The molecule has 3 rings (SSSR count). The van der Waals surface area contributed by atoms with Gasteiger partial charge in [0.1, 0.15) is 11.6 Å². The second kappa shape index (κ2) is 4.43. The molecule has 0 aliphatic rings. The Kier molecular flexibility index (Phi) is 2.75. The highest BCUT2D eigenvalue weighted by molar-refractivity contribution is 5.81. The number of hydrogen-bond acceptors (Lipinski definition) is 2. The maximum atomic E-state index is 9.38. The Hall–Kier alpha value is -2.29. The third-order valence-corrected chi connectivity index (χ3v) is 3.35. The van der Waals surface area contributed by atoms with E-state index >= 15 is 0 Å². The molecular formula is C16H16N2O. The van der Waals surface area contributed by atoms with Gasteiger partial charge in [-0.1, -0.05) is 6.07 Å². The lowest BCUT2D eigenvalue weighted by molar-refractivity contribution is 0.475. The van der Waals surface area contributed by atoms with Crippen molar-refractivity contribution in [3.05, 3.63) is 48.0 Å². The Morgan fingerprint density at radius 2 is 1.84 bits per heavy atom. The molecule has 0 saturated carbocycles. The number of aryl methyl sites for hydroxylation is 2. The minimum atomic E-state index is 0.277. The third-order valence-electron chi connectivity index (χ3n) is 3.35. The van der Waals surface area contributed by atoms with Crippen LogP contribution in [0.5, 0.6) is 5.75 Å². The molecule has 0 unspecified atom stereocenters. The van der Waals surface area contributed by atoms with Gasteiger partial charge in [0.25, 0.3) is 0 Å². The van der Waals surface area contributed by atoms with Crippen LogP contribution < -0.4 is 0 Å². The Bertz CT molecular complexity index is 726. The number of aromatic nitrogens is 2. The van der Waals surface area contributed by atoms with Crippen molar-refractivity contribution in [2.75, 3.05) is 0 Å². The summed E-state index contributed by atoms with van der Waals surface area (Å²) in [5.41, 5.74) is 4.40. The van der Waals surface area contributed by atoms with Crippen LogP contribution in [0.4, 0.5) is 0 Å². The van der Waals surface area contributed by atoms with Crippen molar-refractivity contribution >= 4 is 11.0 Å². The molecule has 0 saturated heterocycles. The summed E-state index contributed by atoms with van der Waals surface area (Å²) in [6.07, 6.45) is 0. The van der Waals surface area contributed by atoms with E-state index in [2.05, 4.69) is 36.6 Å². The molecule has 1 heterocycles. The molecule has 2 aromatic carbocycles. The van der Waals surface area contributed by atoms with Gasteiger partial charge in [-0.3, -0.25) is 0 Å². The first-order valence-electron chi connectivity index (χ1n) is 6.45. The van der Waals surface area contributed by atoms with Crippen LogP contribution in [0, 0.1) is 6.92 Å². The molecule has 19 heavy (non-hydrogen) atoms. The van der Waals surface area contributed by atoms with Crippen molar-refractivity contribution in [1.29, 1.82) is 0 Å². The van der Waals surface area contributed by atoms with Gasteiger partial charge in [0.05, 0.1) is 11.0 Å². The topological polar surface area (TPSA) is 38.0 Å². The number of phenols is 1.